The topological polar surface area (TPSA) is 102 Å². The molecule has 1 N–H and O–H groups in total. The zero-order valence-corrected chi connectivity index (χ0v) is 16.0. The van der Waals surface area contributed by atoms with E-state index in [1.807, 2.05) is 6.07 Å². The Bertz CT molecular complexity index is 1060. The van der Waals surface area contributed by atoms with Gasteiger partial charge in [0.05, 0.1) is 42.8 Å². The summed E-state index contributed by atoms with van der Waals surface area (Å²) >= 11 is 0. The molecule has 1 aliphatic heterocycles. The predicted octanol–water partition coefficient (Wildman–Crippen LogP) is 2.44. The van der Waals surface area contributed by atoms with E-state index in [2.05, 4.69) is 14.8 Å². The first-order valence-corrected chi connectivity index (χ1v) is 8.61. The van der Waals surface area contributed by atoms with Crippen molar-refractivity contribution in [3.8, 4) is 0 Å². The number of rotatable bonds is 5. The van der Waals surface area contributed by atoms with Gasteiger partial charge in [-0.25, -0.2) is 14.5 Å². The van der Waals surface area contributed by atoms with Crippen LogP contribution in [0.25, 0.3) is 0 Å². The van der Waals surface area contributed by atoms with Gasteiger partial charge in [-0.15, -0.1) is 0 Å². The number of methoxy groups -OCH3 is 2. The SMILES string of the molecule is COC(=O)/C=C(/Nc1cccc2c1C(=O)N(c1ccccc1C)C2=O)C(=O)OC. The van der Waals surface area contributed by atoms with Crippen molar-refractivity contribution in [2.24, 2.45) is 0 Å². The molecule has 0 bridgehead atoms. The van der Waals surface area contributed by atoms with Gasteiger partial charge >= 0.3 is 11.9 Å². The number of fused-ring (bicyclic) bond motifs is 1. The summed E-state index contributed by atoms with van der Waals surface area (Å²) in [6.45, 7) is 1.80. The lowest BCUT2D eigenvalue weighted by Crippen LogP contribution is -2.30. The Kier molecular flexibility index (Phi) is 5.45. The summed E-state index contributed by atoms with van der Waals surface area (Å²) in [6.07, 6.45) is 0.908. The van der Waals surface area contributed by atoms with Gasteiger partial charge in [0.2, 0.25) is 0 Å². The minimum Gasteiger partial charge on any atom is -0.466 e. The number of hydrogen-bond donors (Lipinski definition) is 1. The van der Waals surface area contributed by atoms with Gasteiger partial charge in [0, 0.05) is 0 Å². The molecular weight excluding hydrogens is 376 g/mol. The van der Waals surface area contributed by atoms with Crippen molar-refractivity contribution < 1.29 is 28.7 Å². The van der Waals surface area contributed by atoms with E-state index in [4.69, 9.17) is 0 Å². The maximum absolute atomic E-state index is 13.1. The molecule has 148 valence electrons. The van der Waals surface area contributed by atoms with Gasteiger partial charge in [0.1, 0.15) is 5.70 Å². The summed E-state index contributed by atoms with van der Waals surface area (Å²) in [4.78, 5) is 50.7. The molecule has 29 heavy (non-hydrogen) atoms. The van der Waals surface area contributed by atoms with E-state index < -0.39 is 23.8 Å². The van der Waals surface area contributed by atoms with Crippen LogP contribution < -0.4 is 10.2 Å². The maximum Gasteiger partial charge on any atom is 0.354 e. The number of nitrogens with zero attached hydrogens (tertiary/aromatic N) is 1. The number of anilines is 2. The summed E-state index contributed by atoms with van der Waals surface area (Å²) in [5.74, 6) is -2.63. The molecule has 2 aromatic carbocycles. The normalized spacial score (nSPS) is 13.2. The lowest BCUT2D eigenvalue weighted by Gasteiger charge is -2.16. The highest BCUT2D eigenvalue weighted by atomic mass is 16.5. The fourth-order valence-electron chi connectivity index (χ4n) is 3.00. The summed E-state index contributed by atoms with van der Waals surface area (Å²) < 4.78 is 9.20. The zero-order chi connectivity index (χ0) is 21.1. The molecule has 0 fully saturated rings. The largest absolute Gasteiger partial charge is 0.466 e. The monoisotopic (exact) mass is 394 g/mol. The van der Waals surface area contributed by atoms with Crippen LogP contribution in [0.15, 0.2) is 54.2 Å². The van der Waals surface area contributed by atoms with Gasteiger partial charge < -0.3 is 14.8 Å². The van der Waals surface area contributed by atoms with Crippen LogP contribution in [-0.4, -0.2) is 38.0 Å². The van der Waals surface area contributed by atoms with Crippen molar-refractivity contribution >= 4 is 35.1 Å². The number of amides is 2. The molecule has 3 rings (SSSR count). The Labute approximate surface area is 166 Å². The van der Waals surface area contributed by atoms with E-state index in [-0.39, 0.29) is 22.5 Å². The third kappa shape index (κ3) is 3.60. The number of hydrogen-bond acceptors (Lipinski definition) is 7. The molecule has 1 aliphatic rings. The number of carbonyl (C=O) groups excluding carboxylic acids is 4. The lowest BCUT2D eigenvalue weighted by molar-refractivity contribution is -0.138. The first-order valence-electron chi connectivity index (χ1n) is 8.61. The highest BCUT2D eigenvalue weighted by molar-refractivity contribution is 6.36. The van der Waals surface area contributed by atoms with Crippen LogP contribution in [0.3, 0.4) is 0 Å². The number of aryl methyl sites for hydroxylation is 1. The smallest absolute Gasteiger partial charge is 0.354 e. The van der Waals surface area contributed by atoms with E-state index in [1.165, 1.54) is 12.1 Å². The van der Waals surface area contributed by atoms with Crippen LogP contribution >= 0.6 is 0 Å². The van der Waals surface area contributed by atoms with E-state index in [0.29, 0.717) is 5.69 Å². The Morgan fingerprint density at radius 3 is 2.34 bits per heavy atom. The zero-order valence-electron chi connectivity index (χ0n) is 16.0. The van der Waals surface area contributed by atoms with Gasteiger partial charge in [-0.1, -0.05) is 24.3 Å². The fraction of sp³-hybridized carbons (Fsp3) is 0.143. The number of nitrogens with one attached hydrogen (secondary N) is 1. The maximum atomic E-state index is 13.1. The Morgan fingerprint density at radius 1 is 0.966 bits per heavy atom. The molecule has 8 heteroatoms. The highest BCUT2D eigenvalue weighted by Crippen LogP contribution is 2.34. The number of ether oxygens (including phenoxy) is 2. The second-order valence-corrected chi connectivity index (χ2v) is 6.16. The average Bonchev–Trinajstić information content (AvgIpc) is 2.98. The molecule has 0 saturated heterocycles. The number of para-hydroxylation sites is 1. The lowest BCUT2D eigenvalue weighted by atomic mass is 10.1. The molecule has 0 spiro atoms. The summed E-state index contributed by atoms with van der Waals surface area (Å²) in [5, 5.41) is 2.72. The third-order valence-corrected chi connectivity index (χ3v) is 4.41. The molecule has 2 aromatic rings. The molecule has 0 radical (unpaired) electrons. The molecular formula is C21H18N2O6. The van der Waals surface area contributed by atoms with Crippen molar-refractivity contribution in [3.05, 3.63) is 70.9 Å². The van der Waals surface area contributed by atoms with Gasteiger partial charge in [-0.05, 0) is 30.7 Å². The van der Waals surface area contributed by atoms with Crippen LogP contribution in [0.1, 0.15) is 26.3 Å². The van der Waals surface area contributed by atoms with Gasteiger partial charge in [-0.2, -0.15) is 0 Å². The number of imide groups is 1. The Morgan fingerprint density at radius 2 is 1.69 bits per heavy atom. The summed E-state index contributed by atoms with van der Waals surface area (Å²) in [5.41, 5.74) is 1.48. The van der Waals surface area contributed by atoms with Crippen LogP contribution in [-0.2, 0) is 19.1 Å². The van der Waals surface area contributed by atoms with E-state index in [0.717, 1.165) is 30.8 Å². The Balaban J connectivity index is 2.05. The minimum atomic E-state index is -0.833. The van der Waals surface area contributed by atoms with Gasteiger partial charge in [0.15, 0.2) is 0 Å². The summed E-state index contributed by atoms with van der Waals surface area (Å²) in [7, 11) is 2.31. The van der Waals surface area contributed by atoms with Crippen molar-refractivity contribution in [3.63, 3.8) is 0 Å². The van der Waals surface area contributed by atoms with E-state index >= 15 is 0 Å². The van der Waals surface area contributed by atoms with Crippen molar-refractivity contribution in [2.45, 2.75) is 6.92 Å². The number of carbonyl (C=O) groups is 4. The number of benzene rings is 2. The van der Waals surface area contributed by atoms with E-state index in [1.54, 1.807) is 31.2 Å². The minimum absolute atomic E-state index is 0.0976. The van der Waals surface area contributed by atoms with Crippen LogP contribution in [0.4, 0.5) is 11.4 Å². The molecule has 0 aliphatic carbocycles. The van der Waals surface area contributed by atoms with Crippen molar-refractivity contribution in [2.75, 3.05) is 24.4 Å². The van der Waals surface area contributed by atoms with Gasteiger partial charge in [0.25, 0.3) is 11.8 Å². The summed E-state index contributed by atoms with van der Waals surface area (Å²) in [6, 6.07) is 11.7. The van der Waals surface area contributed by atoms with Gasteiger partial charge in [-0.3, -0.25) is 9.59 Å². The molecule has 0 atom stereocenters. The molecule has 8 nitrogen and oxygen atoms in total. The molecule has 2 amide bonds. The average molecular weight is 394 g/mol. The first kappa shape index (κ1) is 19.8. The second-order valence-electron chi connectivity index (χ2n) is 6.16. The third-order valence-electron chi connectivity index (χ3n) is 4.41. The predicted molar refractivity (Wildman–Crippen MR) is 104 cm³/mol. The Hall–Kier alpha value is -3.94. The molecule has 0 aromatic heterocycles. The highest BCUT2D eigenvalue weighted by Gasteiger charge is 2.39. The van der Waals surface area contributed by atoms with Crippen molar-refractivity contribution in [1.29, 1.82) is 0 Å². The van der Waals surface area contributed by atoms with E-state index in [9.17, 15) is 19.2 Å². The number of esters is 2. The molecule has 0 saturated carbocycles. The van der Waals surface area contributed by atoms with Crippen molar-refractivity contribution in [1.82, 2.24) is 0 Å². The quantitative estimate of drug-likeness (QED) is 0.472. The molecule has 0 unspecified atom stereocenters. The fourth-order valence-corrected chi connectivity index (χ4v) is 3.00. The van der Waals surface area contributed by atoms with Crippen LogP contribution in [0, 0.1) is 6.92 Å². The first-order chi connectivity index (χ1) is 13.9. The molecule has 1 heterocycles. The van der Waals surface area contributed by atoms with Crippen LogP contribution in [0.2, 0.25) is 0 Å². The standard InChI is InChI=1S/C21H18N2O6/c1-12-7-4-5-10-16(12)23-19(25)13-8-6-9-14(18(13)20(23)26)22-15(21(27)29-3)11-17(24)28-2/h4-11,22H,1-3H3/b15-11+. The van der Waals surface area contributed by atoms with Crippen LogP contribution in [0.5, 0.6) is 0 Å². The second kappa shape index (κ2) is 7.97.